The lowest BCUT2D eigenvalue weighted by Crippen LogP contribution is -2.42. The zero-order chi connectivity index (χ0) is 15.1. The van der Waals surface area contributed by atoms with Gasteiger partial charge in [0.15, 0.2) is 0 Å². The molecule has 2 unspecified atom stereocenters. The first kappa shape index (κ1) is 15.0. The predicted octanol–water partition coefficient (Wildman–Crippen LogP) is 3.21. The summed E-state index contributed by atoms with van der Waals surface area (Å²) in [5.41, 5.74) is 2.17. The van der Waals surface area contributed by atoms with E-state index in [4.69, 9.17) is 0 Å². The Balaban J connectivity index is 2.27. The van der Waals surface area contributed by atoms with Crippen LogP contribution in [0.2, 0.25) is 0 Å². The van der Waals surface area contributed by atoms with Crippen LogP contribution in [0.25, 0.3) is 0 Å². The van der Waals surface area contributed by atoms with Crippen LogP contribution in [0.15, 0.2) is 24.3 Å². The van der Waals surface area contributed by atoms with Gasteiger partial charge in [0.1, 0.15) is 6.17 Å². The van der Waals surface area contributed by atoms with E-state index in [-0.39, 0.29) is 17.5 Å². The number of benzene rings is 1. The van der Waals surface area contributed by atoms with Gasteiger partial charge in [0.25, 0.3) is 0 Å². The molecule has 1 aliphatic rings. The molecule has 1 heterocycles. The van der Waals surface area contributed by atoms with Crippen LogP contribution >= 0.6 is 0 Å². The number of carbonyl (C=O) groups is 1. The number of amides is 1. The van der Waals surface area contributed by atoms with Crippen LogP contribution in [-0.2, 0) is 10.2 Å². The fourth-order valence-corrected chi connectivity index (χ4v) is 2.69. The molecule has 1 N–H and O–H groups in total. The van der Waals surface area contributed by atoms with Crippen molar-refractivity contribution in [2.24, 2.45) is 0 Å². The summed E-state index contributed by atoms with van der Waals surface area (Å²) < 4.78 is 0. The van der Waals surface area contributed by atoms with Gasteiger partial charge in [-0.2, -0.15) is 0 Å². The zero-order valence-electron chi connectivity index (χ0n) is 13.4. The molecule has 110 valence electrons. The van der Waals surface area contributed by atoms with Crippen molar-refractivity contribution in [1.82, 2.24) is 10.2 Å². The second kappa shape index (κ2) is 4.88. The number of likely N-dealkylation sites (N-methyl/N-ethyl adjacent to an activating group) is 1. The quantitative estimate of drug-likeness (QED) is 0.898. The summed E-state index contributed by atoms with van der Waals surface area (Å²) >= 11 is 0. The summed E-state index contributed by atoms with van der Waals surface area (Å²) in [7, 11) is 1.87. The Morgan fingerprint density at radius 2 is 1.80 bits per heavy atom. The maximum Gasteiger partial charge on any atom is 0.243 e. The Hall–Kier alpha value is -1.35. The van der Waals surface area contributed by atoms with Crippen LogP contribution < -0.4 is 5.32 Å². The van der Waals surface area contributed by atoms with Crippen molar-refractivity contribution in [3.8, 4) is 0 Å². The number of nitrogens with zero attached hydrogens (tertiary/aromatic N) is 1. The van der Waals surface area contributed by atoms with Crippen LogP contribution in [0.1, 0.15) is 58.3 Å². The van der Waals surface area contributed by atoms with E-state index in [1.165, 1.54) is 5.56 Å². The number of nitrogens with one attached hydrogen (secondary N) is 1. The summed E-state index contributed by atoms with van der Waals surface area (Å²) in [6, 6.07) is 8.58. The van der Waals surface area contributed by atoms with Gasteiger partial charge < -0.3 is 4.90 Å². The van der Waals surface area contributed by atoms with Gasteiger partial charge >= 0.3 is 0 Å². The average molecular weight is 274 g/mol. The summed E-state index contributed by atoms with van der Waals surface area (Å²) in [5.74, 6) is 0.171. The highest BCUT2D eigenvalue weighted by atomic mass is 16.2. The molecule has 2 atom stereocenters. The van der Waals surface area contributed by atoms with Crippen molar-refractivity contribution in [2.45, 2.75) is 58.2 Å². The molecule has 1 fully saturated rings. The SMILES string of the molecule is CCC1(C)NC(c2ccc(C(C)(C)C)cc2)N(C)C1=O. The molecule has 1 aromatic carbocycles. The van der Waals surface area contributed by atoms with Crippen molar-refractivity contribution in [1.29, 1.82) is 0 Å². The van der Waals surface area contributed by atoms with Gasteiger partial charge in [-0.1, -0.05) is 52.0 Å². The fourth-order valence-electron chi connectivity index (χ4n) is 2.69. The van der Waals surface area contributed by atoms with Gasteiger partial charge in [-0.15, -0.1) is 0 Å². The van der Waals surface area contributed by atoms with Gasteiger partial charge in [-0.3, -0.25) is 10.1 Å². The second-order valence-electron chi connectivity index (χ2n) is 7.02. The molecule has 0 bridgehead atoms. The maximum absolute atomic E-state index is 12.3. The van der Waals surface area contributed by atoms with E-state index in [1.54, 1.807) is 0 Å². The molecule has 0 aliphatic carbocycles. The third kappa shape index (κ3) is 2.47. The number of carbonyl (C=O) groups excluding carboxylic acids is 1. The minimum atomic E-state index is -0.442. The second-order valence-corrected chi connectivity index (χ2v) is 7.02. The van der Waals surface area contributed by atoms with Gasteiger partial charge in [-0.25, -0.2) is 0 Å². The molecule has 20 heavy (non-hydrogen) atoms. The molecule has 1 saturated heterocycles. The highest BCUT2D eigenvalue weighted by Crippen LogP contribution is 2.32. The van der Waals surface area contributed by atoms with E-state index in [2.05, 4.69) is 50.4 Å². The lowest BCUT2D eigenvalue weighted by atomic mass is 9.86. The summed E-state index contributed by atoms with van der Waals surface area (Å²) in [4.78, 5) is 14.1. The molecule has 1 aliphatic heterocycles. The topological polar surface area (TPSA) is 32.3 Å². The van der Waals surface area contributed by atoms with Crippen molar-refractivity contribution in [3.05, 3.63) is 35.4 Å². The highest BCUT2D eigenvalue weighted by Gasteiger charge is 2.45. The molecule has 3 heteroatoms. The molecular formula is C17H26N2O. The minimum absolute atomic E-state index is 0.0264. The monoisotopic (exact) mass is 274 g/mol. The number of hydrogen-bond donors (Lipinski definition) is 1. The molecule has 3 nitrogen and oxygen atoms in total. The Morgan fingerprint density at radius 3 is 2.20 bits per heavy atom. The first-order valence-corrected chi connectivity index (χ1v) is 7.34. The molecule has 0 radical (unpaired) electrons. The minimum Gasteiger partial charge on any atom is -0.324 e. The highest BCUT2D eigenvalue weighted by molar-refractivity contribution is 5.88. The van der Waals surface area contributed by atoms with Crippen molar-refractivity contribution in [2.75, 3.05) is 7.05 Å². The van der Waals surface area contributed by atoms with Gasteiger partial charge in [0.05, 0.1) is 5.54 Å². The molecule has 0 spiro atoms. The lowest BCUT2D eigenvalue weighted by Gasteiger charge is -2.23. The summed E-state index contributed by atoms with van der Waals surface area (Å²) in [5, 5.41) is 3.47. The molecule has 1 amide bonds. The van der Waals surface area contributed by atoms with E-state index in [1.807, 2.05) is 25.8 Å². The van der Waals surface area contributed by atoms with Crippen LogP contribution in [-0.4, -0.2) is 23.4 Å². The Morgan fingerprint density at radius 1 is 1.25 bits per heavy atom. The van der Waals surface area contributed by atoms with Crippen LogP contribution in [0.4, 0.5) is 0 Å². The van der Waals surface area contributed by atoms with Crippen molar-refractivity contribution < 1.29 is 4.79 Å². The maximum atomic E-state index is 12.3. The fraction of sp³-hybridized carbons (Fsp3) is 0.588. The number of rotatable bonds is 2. The third-order valence-electron chi connectivity index (χ3n) is 4.43. The third-order valence-corrected chi connectivity index (χ3v) is 4.43. The summed E-state index contributed by atoms with van der Waals surface area (Å²) in [6.45, 7) is 10.7. The Kier molecular flexibility index (Phi) is 3.67. The van der Waals surface area contributed by atoms with E-state index in [9.17, 15) is 4.79 Å². The van der Waals surface area contributed by atoms with Crippen molar-refractivity contribution >= 4 is 5.91 Å². The molecule has 0 saturated carbocycles. The van der Waals surface area contributed by atoms with Crippen LogP contribution in [0, 0.1) is 0 Å². The smallest absolute Gasteiger partial charge is 0.243 e. The molecular weight excluding hydrogens is 248 g/mol. The van der Waals surface area contributed by atoms with Crippen molar-refractivity contribution in [3.63, 3.8) is 0 Å². The van der Waals surface area contributed by atoms with E-state index >= 15 is 0 Å². The molecule has 0 aromatic heterocycles. The largest absolute Gasteiger partial charge is 0.324 e. The first-order valence-electron chi connectivity index (χ1n) is 7.34. The van der Waals surface area contributed by atoms with Gasteiger partial charge in [-0.05, 0) is 29.9 Å². The van der Waals surface area contributed by atoms with E-state index < -0.39 is 5.54 Å². The van der Waals surface area contributed by atoms with Crippen LogP contribution in [0.5, 0.6) is 0 Å². The van der Waals surface area contributed by atoms with Gasteiger partial charge in [0.2, 0.25) is 5.91 Å². The molecule has 1 aromatic rings. The van der Waals surface area contributed by atoms with Crippen LogP contribution in [0.3, 0.4) is 0 Å². The van der Waals surface area contributed by atoms with E-state index in [0.29, 0.717) is 0 Å². The average Bonchev–Trinajstić information content (AvgIpc) is 2.63. The number of hydrogen-bond acceptors (Lipinski definition) is 2. The molecule has 2 rings (SSSR count). The summed E-state index contributed by atoms with van der Waals surface area (Å²) in [6.07, 6.45) is 0.772. The Bertz CT molecular complexity index is 501. The first-order chi connectivity index (χ1) is 9.19. The lowest BCUT2D eigenvalue weighted by molar-refractivity contribution is -0.131. The Labute approximate surface area is 122 Å². The normalized spacial score (nSPS) is 27.2. The zero-order valence-corrected chi connectivity index (χ0v) is 13.4. The van der Waals surface area contributed by atoms with E-state index in [0.717, 1.165) is 12.0 Å². The standard InChI is InChI=1S/C17H26N2O/c1-7-17(5)15(20)19(6)14(18-17)12-8-10-13(11-9-12)16(2,3)4/h8-11,14,18H,7H2,1-6H3. The predicted molar refractivity (Wildman–Crippen MR) is 82.5 cm³/mol. The van der Waals surface area contributed by atoms with Gasteiger partial charge in [0, 0.05) is 7.05 Å².